The van der Waals surface area contributed by atoms with E-state index in [4.69, 9.17) is 11.6 Å². The van der Waals surface area contributed by atoms with Crippen LogP contribution in [0.5, 0.6) is 0 Å². The molecule has 1 aromatic rings. The van der Waals surface area contributed by atoms with Gasteiger partial charge in [0.05, 0.1) is 5.92 Å². The number of hydrogen-bond acceptors (Lipinski definition) is 2. The number of carbonyl (C=O) groups is 2. The van der Waals surface area contributed by atoms with E-state index in [-0.39, 0.29) is 23.7 Å². The lowest BCUT2D eigenvalue weighted by Crippen LogP contribution is -2.46. The van der Waals surface area contributed by atoms with Crippen LogP contribution in [-0.2, 0) is 9.59 Å². The molecule has 4 heteroatoms. The third-order valence-electron chi connectivity index (χ3n) is 4.28. The average Bonchev–Trinajstić information content (AvgIpc) is 2.41. The van der Waals surface area contributed by atoms with Gasteiger partial charge in [0.2, 0.25) is 11.8 Å². The van der Waals surface area contributed by atoms with Crippen LogP contribution < -0.4 is 5.32 Å². The van der Waals surface area contributed by atoms with Crippen molar-refractivity contribution in [3.05, 3.63) is 34.9 Å². The fourth-order valence-electron chi connectivity index (χ4n) is 3.19. The maximum atomic E-state index is 12.3. The number of piperidine rings is 1. The van der Waals surface area contributed by atoms with Crippen molar-refractivity contribution in [1.82, 2.24) is 5.32 Å². The first-order valence-corrected chi connectivity index (χ1v) is 7.53. The number of nitrogens with one attached hydrogen (secondary N) is 1. The van der Waals surface area contributed by atoms with Gasteiger partial charge in [-0.25, -0.2) is 0 Å². The van der Waals surface area contributed by atoms with Crippen LogP contribution in [0.3, 0.4) is 0 Å². The van der Waals surface area contributed by atoms with Crippen LogP contribution in [0.25, 0.3) is 0 Å². The molecule has 0 radical (unpaired) electrons. The molecule has 1 fully saturated rings. The molecule has 1 aliphatic heterocycles. The third kappa shape index (κ3) is 3.04. The zero-order chi connectivity index (χ0) is 14.7. The molecule has 0 aliphatic carbocycles. The SMILES string of the molecule is CCC(CC)C1CC(=O)NC(=O)C1c1ccc(Cl)cc1. The zero-order valence-corrected chi connectivity index (χ0v) is 12.6. The summed E-state index contributed by atoms with van der Waals surface area (Å²) in [5.41, 5.74) is 0.941. The van der Waals surface area contributed by atoms with Crippen LogP contribution >= 0.6 is 11.6 Å². The minimum Gasteiger partial charge on any atom is -0.296 e. The van der Waals surface area contributed by atoms with E-state index >= 15 is 0 Å². The van der Waals surface area contributed by atoms with Gasteiger partial charge in [-0.3, -0.25) is 14.9 Å². The van der Waals surface area contributed by atoms with Gasteiger partial charge in [-0.05, 0) is 29.5 Å². The van der Waals surface area contributed by atoms with E-state index in [2.05, 4.69) is 19.2 Å². The van der Waals surface area contributed by atoms with E-state index in [9.17, 15) is 9.59 Å². The highest BCUT2D eigenvalue weighted by Gasteiger charge is 2.39. The van der Waals surface area contributed by atoms with Crippen LogP contribution in [0.2, 0.25) is 5.02 Å². The first-order chi connectivity index (χ1) is 9.56. The number of amides is 2. The van der Waals surface area contributed by atoms with Crippen LogP contribution in [0.15, 0.2) is 24.3 Å². The first-order valence-electron chi connectivity index (χ1n) is 7.16. The second kappa shape index (κ2) is 6.40. The molecule has 0 bridgehead atoms. The molecule has 1 saturated heterocycles. The summed E-state index contributed by atoms with van der Waals surface area (Å²) in [5, 5.41) is 3.12. The van der Waals surface area contributed by atoms with Gasteiger partial charge < -0.3 is 0 Å². The predicted molar refractivity (Wildman–Crippen MR) is 79.5 cm³/mol. The molecule has 1 heterocycles. The highest BCUT2D eigenvalue weighted by molar-refractivity contribution is 6.30. The largest absolute Gasteiger partial charge is 0.296 e. The van der Waals surface area contributed by atoms with E-state index in [1.165, 1.54) is 0 Å². The summed E-state index contributed by atoms with van der Waals surface area (Å²) < 4.78 is 0. The van der Waals surface area contributed by atoms with Gasteiger partial charge in [0.1, 0.15) is 0 Å². The third-order valence-corrected chi connectivity index (χ3v) is 4.53. The fourth-order valence-corrected chi connectivity index (χ4v) is 3.32. The molecule has 2 rings (SSSR count). The summed E-state index contributed by atoms with van der Waals surface area (Å²) in [5.74, 6) is -0.134. The average molecular weight is 294 g/mol. The number of rotatable bonds is 4. The molecular formula is C16H20ClNO2. The van der Waals surface area contributed by atoms with Crippen molar-refractivity contribution in [2.75, 3.05) is 0 Å². The molecule has 2 atom stereocenters. The predicted octanol–water partition coefficient (Wildman–Crippen LogP) is 3.52. The Morgan fingerprint density at radius 3 is 2.35 bits per heavy atom. The van der Waals surface area contributed by atoms with Gasteiger partial charge in [-0.2, -0.15) is 0 Å². The molecule has 1 aliphatic rings. The van der Waals surface area contributed by atoms with E-state index < -0.39 is 0 Å². The zero-order valence-electron chi connectivity index (χ0n) is 11.9. The van der Waals surface area contributed by atoms with Crippen molar-refractivity contribution in [2.45, 2.75) is 39.0 Å². The minimum atomic E-state index is -0.255. The van der Waals surface area contributed by atoms with Gasteiger partial charge in [0.15, 0.2) is 0 Å². The van der Waals surface area contributed by atoms with E-state index in [0.29, 0.717) is 17.4 Å². The van der Waals surface area contributed by atoms with E-state index in [1.54, 1.807) is 12.1 Å². The summed E-state index contributed by atoms with van der Waals surface area (Å²) in [6.07, 6.45) is 2.38. The number of hydrogen-bond donors (Lipinski definition) is 1. The second-order valence-corrected chi connectivity index (χ2v) is 5.82. The molecule has 2 amide bonds. The lowest BCUT2D eigenvalue weighted by molar-refractivity contribution is -0.137. The maximum absolute atomic E-state index is 12.3. The molecule has 1 aromatic carbocycles. The Morgan fingerprint density at radius 2 is 1.80 bits per heavy atom. The maximum Gasteiger partial charge on any atom is 0.234 e. The number of halogens is 1. The number of benzene rings is 1. The van der Waals surface area contributed by atoms with E-state index in [0.717, 1.165) is 18.4 Å². The number of carbonyl (C=O) groups excluding carboxylic acids is 2. The molecule has 3 nitrogen and oxygen atoms in total. The Hall–Kier alpha value is -1.35. The van der Waals surface area contributed by atoms with E-state index in [1.807, 2.05) is 12.1 Å². The molecule has 1 N–H and O–H groups in total. The standard InChI is InChI=1S/C16H20ClNO2/c1-3-10(4-2)13-9-14(19)18-16(20)15(13)11-5-7-12(17)8-6-11/h5-8,10,13,15H,3-4,9H2,1-2H3,(H,18,19,20). The summed E-state index contributed by atoms with van der Waals surface area (Å²) >= 11 is 5.91. The first kappa shape index (κ1) is 15.0. The van der Waals surface area contributed by atoms with Gasteiger partial charge in [-0.1, -0.05) is 50.4 Å². The van der Waals surface area contributed by atoms with Crippen molar-refractivity contribution >= 4 is 23.4 Å². The van der Waals surface area contributed by atoms with Crippen molar-refractivity contribution < 1.29 is 9.59 Å². The van der Waals surface area contributed by atoms with Gasteiger partial charge in [0.25, 0.3) is 0 Å². The van der Waals surface area contributed by atoms with Crippen molar-refractivity contribution in [3.63, 3.8) is 0 Å². The van der Waals surface area contributed by atoms with Crippen LogP contribution in [-0.4, -0.2) is 11.8 Å². The Labute approximate surface area is 124 Å². The highest BCUT2D eigenvalue weighted by atomic mass is 35.5. The van der Waals surface area contributed by atoms with Crippen LogP contribution in [0.1, 0.15) is 44.6 Å². The number of imide groups is 1. The Kier molecular flexibility index (Phi) is 4.81. The van der Waals surface area contributed by atoms with Gasteiger partial charge >= 0.3 is 0 Å². The second-order valence-electron chi connectivity index (χ2n) is 5.39. The monoisotopic (exact) mass is 293 g/mol. The summed E-state index contributed by atoms with van der Waals surface area (Å²) in [4.78, 5) is 24.0. The summed E-state index contributed by atoms with van der Waals surface area (Å²) in [6.45, 7) is 4.23. The quantitative estimate of drug-likeness (QED) is 0.863. The normalized spacial score (nSPS) is 23.0. The molecular weight excluding hydrogens is 274 g/mol. The lowest BCUT2D eigenvalue weighted by Gasteiger charge is -2.35. The smallest absolute Gasteiger partial charge is 0.234 e. The van der Waals surface area contributed by atoms with Gasteiger partial charge in [0, 0.05) is 11.4 Å². The highest BCUT2D eigenvalue weighted by Crippen LogP contribution is 2.38. The molecule has 108 valence electrons. The Morgan fingerprint density at radius 1 is 1.20 bits per heavy atom. The van der Waals surface area contributed by atoms with Gasteiger partial charge in [-0.15, -0.1) is 0 Å². The Bertz CT molecular complexity index is 494. The van der Waals surface area contributed by atoms with Crippen molar-refractivity contribution in [2.24, 2.45) is 11.8 Å². The Balaban J connectivity index is 2.36. The molecule has 0 aromatic heterocycles. The topological polar surface area (TPSA) is 46.2 Å². The molecule has 20 heavy (non-hydrogen) atoms. The summed E-state index contributed by atoms with van der Waals surface area (Å²) in [6, 6.07) is 7.37. The molecule has 0 saturated carbocycles. The van der Waals surface area contributed by atoms with Crippen LogP contribution in [0, 0.1) is 11.8 Å². The summed E-state index contributed by atoms with van der Waals surface area (Å²) in [7, 11) is 0. The van der Waals surface area contributed by atoms with Crippen LogP contribution in [0.4, 0.5) is 0 Å². The fraction of sp³-hybridized carbons (Fsp3) is 0.500. The van der Waals surface area contributed by atoms with Crippen molar-refractivity contribution in [3.8, 4) is 0 Å². The van der Waals surface area contributed by atoms with Crippen molar-refractivity contribution in [1.29, 1.82) is 0 Å². The molecule has 0 spiro atoms. The molecule has 2 unspecified atom stereocenters. The minimum absolute atomic E-state index is 0.0763. The lowest BCUT2D eigenvalue weighted by atomic mass is 9.71.